The predicted molar refractivity (Wildman–Crippen MR) is 166 cm³/mol. The molecule has 2 N–H and O–H groups in total. The van der Waals surface area contributed by atoms with Crippen LogP contribution >= 0.6 is 0 Å². The topological polar surface area (TPSA) is 103 Å². The fourth-order valence-electron chi connectivity index (χ4n) is 5.02. The molecule has 3 aromatic carbocycles. The highest BCUT2D eigenvalue weighted by atomic mass is 16.5. The number of ether oxygens (including phenoxy) is 2. The molecule has 0 spiro atoms. The maximum absolute atomic E-state index is 13.6. The summed E-state index contributed by atoms with van der Waals surface area (Å²) in [4.78, 5) is 44.6. The second kappa shape index (κ2) is 14.2. The first-order valence-electron chi connectivity index (χ1n) is 14.3. The summed E-state index contributed by atoms with van der Waals surface area (Å²) < 4.78 is 10.6. The van der Waals surface area contributed by atoms with Crippen molar-refractivity contribution in [3.63, 3.8) is 0 Å². The van der Waals surface area contributed by atoms with E-state index in [0.29, 0.717) is 35.6 Å². The van der Waals surface area contributed by atoms with E-state index >= 15 is 0 Å². The van der Waals surface area contributed by atoms with Crippen LogP contribution in [-0.2, 0) is 4.74 Å². The largest absolute Gasteiger partial charge is 0.495 e. The summed E-state index contributed by atoms with van der Waals surface area (Å²) in [5, 5.41) is 5.60. The highest BCUT2D eigenvalue weighted by molar-refractivity contribution is 6.04. The Kier molecular flexibility index (Phi) is 10.3. The van der Waals surface area contributed by atoms with E-state index in [2.05, 4.69) is 26.5 Å². The van der Waals surface area contributed by atoms with Gasteiger partial charge in [0.2, 0.25) is 0 Å². The quantitative estimate of drug-likeness (QED) is 0.316. The smallest absolute Gasteiger partial charge is 0.338 e. The number of esters is 1. The normalized spacial score (nSPS) is 12.9. The van der Waals surface area contributed by atoms with Gasteiger partial charge in [-0.3, -0.25) is 4.79 Å². The van der Waals surface area contributed by atoms with Crippen LogP contribution in [0.2, 0.25) is 0 Å². The maximum atomic E-state index is 13.6. The third-order valence-corrected chi connectivity index (χ3v) is 7.24. The molecular formula is C32H39N5O5. The second-order valence-corrected chi connectivity index (χ2v) is 9.73. The van der Waals surface area contributed by atoms with E-state index in [1.165, 1.54) is 0 Å². The Morgan fingerprint density at radius 1 is 0.786 bits per heavy atom. The summed E-state index contributed by atoms with van der Waals surface area (Å²) >= 11 is 0. The molecule has 42 heavy (non-hydrogen) atoms. The lowest BCUT2D eigenvalue weighted by Gasteiger charge is -2.38. The summed E-state index contributed by atoms with van der Waals surface area (Å²) in [5.41, 5.74) is 3.86. The van der Waals surface area contributed by atoms with Crippen LogP contribution in [0.25, 0.3) is 0 Å². The number of carbonyl (C=O) groups excluding carboxylic acids is 3. The van der Waals surface area contributed by atoms with Gasteiger partial charge in [0.25, 0.3) is 5.91 Å². The molecule has 1 aliphatic rings. The van der Waals surface area contributed by atoms with E-state index < -0.39 is 12.0 Å². The van der Waals surface area contributed by atoms with Gasteiger partial charge in [-0.05, 0) is 75.4 Å². The molecule has 3 aromatic rings. The number of urea groups is 1. The number of hydrogen-bond acceptors (Lipinski definition) is 7. The predicted octanol–water partition coefficient (Wildman–Crippen LogP) is 5.32. The van der Waals surface area contributed by atoms with Crippen LogP contribution in [0.5, 0.6) is 5.75 Å². The Morgan fingerprint density at radius 2 is 1.38 bits per heavy atom. The number of nitrogens with zero attached hydrogens (tertiary/aromatic N) is 3. The van der Waals surface area contributed by atoms with Gasteiger partial charge in [0, 0.05) is 56.3 Å². The molecular weight excluding hydrogens is 534 g/mol. The molecule has 10 nitrogen and oxygen atoms in total. The fraction of sp³-hybridized carbons (Fsp3) is 0.344. The first kappa shape index (κ1) is 30.2. The summed E-state index contributed by atoms with van der Waals surface area (Å²) in [5.74, 6) is 0.341. The number of piperazine rings is 1. The molecule has 3 amide bonds. The molecule has 1 aliphatic heterocycles. The second-order valence-electron chi connectivity index (χ2n) is 9.73. The molecule has 0 aliphatic carbocycles. The van der Waals surface area contributed by atoms with Crippen molar-refractivity contribution in [1.82, 2.24) is 4.90 Å². The maximum Gasteiger partial charge on any atom is 0.338 e. The molecule has 1 fully saturated rings. The molecule has 0 saturated carbocycles. The zero-order chi connectivity index (χ0) is 30.1. The van der Waals surface area contributed by atoms with Crippen molar-refractivity contribution in [1.29, 1.82) is 0 Å². The van der Waals surface area contributed by atoms with E-state index in [-0.39, 0.29) is 12.5 Å². The lowest BCUT2D eigenvalue weighted by molar-refractivity contribution is 0.0526. The molecule has 0 bridgehead atoms. The van der Waals surface area contributed by atoms with Crippen molar-refractivity contribution in [2.24, 2.45) is 0 Å². The van der Waals surface area contributed by atoms with E-state index in [0.717, 1.165) is 43.3 Å². The van der Waals surface area contributed by atoms with Crippen molar-refractivity contribution in [2.75, 3.05) is 73.4 Å². The summed E-state index contributed by atoms with van der Waals surface area (Å²) in [6.45, 7) is 10.1. The van der Waals surface area contributed by atoms with Crippen LogP contribution in [0.3, 0.4) is 0 Å². The van der Waals surface area contributed by atoms with Gasteiger partial charge in [0.1, 0.15) is 5.75 Å². The van der Waals surface area contributed by atoms with Gasteiger partial charge < -0.3 is 34.8 Å². The van der Waals surface area contributed by atoms with Crippen molar-refractivity contribution >= 4 is 40.7 Å². The minimum atomic E-state index is -0.460. The van der Waals surface area contributed by atoms with Crippen LogP contribution in [0.4, 0.5) is 27.5 Å². The Labute approximate surface area is 247 Å². The Balaban J connectivity index is 1.49. The highest BCUT2D eigenvalue weighted by Crippen LogP contribution is 2.31. The number of amides is 3. The highest BCUT2D eigenvalue weighted by Gasteiger charge is 2.25. The molecule has 0 aromatic heterocycles. The van der Waals surface area contributed by atoms with Gasteiger partial charge in [0.15, 0.2) is 0 Å². The summed E-state index contributed by atoms with van der Waals surface area (Å²) in [7, 11) is 1.68. The number of hydrogen-bond donors (Lipinski definition) is 2. The summed E-state index contributed by atoms with van der Waals surface area (Å²) in [6, 6.07) is 19.4. The van der Waals surface area contributed by atoms with Gasteiger partial charge in [-0.25, -0.2) is 9.59 Å². The zero-order valence-electron chi connectivity index (χ0n) is 24.7. The van der Waals surface area contributed by atoms with E-state index in [4.69, 9.17) is 9.47 Å². The minimum Gasteiger partial charge on any atom is -0.495 e. The Hall–Kier alpha value is -4.73. The molecule has 1 heterocycles. The number of methoxy groups -OCH3 is 1. The third-order valence-electron chi connectivity index (χ3n) is 7.24. The zero-order valence-corrected chi connectivity index (χ0v) is 24.7. The molecule has 0 unspecified atom stereocenters. The summed E-state index contributed by atoms with van der Waals surface area (Å²) in [6.07, 6.45) is 0. The van der Waals surface area contributed by atoms with Gasteiger partial charge in [-0.1, -0.05) is 12.1 Å². The van der Waals surface area contributed by atoms with E-state index in [1.807, 2.05) is 44.2 Å². The van der Waals surface area contributed by atoms with Gasteiger partial charge in [-0.2, -0.15) is 0 Å². The molecule has 0 radical (unpaired) electrons. The minimum absolute atomic E-state index is 0.0826. The van der Waals surface area contributed by atoms with Gasteiger partial charge in [0.05, 0.1) is 30.5 Å². The van der Waals surface area contributed by atoms with Crippen LogP contribution in [0.15, 0.2) is 66.7 Å². The van der Waals surface area contributed by atoms with Crippen LogP contribution in [0.1, 0.15) is 41.5 Å². The number of para-hydroxylation sites is 2. The Morgan fingerprint density at radius 3 is 2.00 bits per heavy atom. The number of nitrogens with one attached hydrogen (secondary N) is 2. The van der Waals surface area contributed by atoms with Crippen molar-refractivity contribution in [3.8, 4) is 5.75 Å². The average molecular weight is 574 g/mol. The monoisotopic (exact) mass is 573 g/mol. The number of carbonyl (C=O) groups is 3. The van der Waals surface area contributed by atoms with Crippen molar-refractivity contribution in [2.45, 2.75) is 20.8 Å². The first-order chi connectivity index (χ1) is 20.4. The molecule has 222 valence electrons. The molecule has 4 rings (SSSR count). The first-order valence-corrected chi connectivity index (χ1v) is 14.3. The average Bonchev–Trinajstić information content (AvgIpc) is 3.02. The van der Waals surface area contributed by atoms with E-state index in [9.17, 15) is 14.4 Å². The molecule has 10 heteroatoms. The molecule has 0 atom stereocenters. The molecule has 1 saturated heterocycles. The van der Waals surface area contributed by atoms with Crippen LogP contribution in [0, 0.1) is 0 Å². The third kappa shape index (κ3) is 7.12. The number of rotatable bonds is 10. The van der Waals surface area contributed by atoms with E-state index in [1.54, 1.807) is 49.3 Å². The van der Waals surface area contributed by atoms with Crippen LogP contribution in [-0.4, -0.2) is 75.8 Å². The van der Waals surface area contributed by atoms with Gasteiger partial charge in [-0.15, -0.1) is 0 Å². The lowest BCUT2D eigenvalue weighted by atomic mass is 10.1. The standard InChI is InChI=1S/C32H39N5O5/c1-5-35(6-2)30(38)26-22-25(34-32(40)33-24-14-12-23(13-15-24)31(39)42-7-3)16-17-27(26)36-18-20-37(21-19-36)28-10-8-9-11-29(28)41-4/h8-17,22H,5-7,18-21H2,1-4H3,(H2,33,34,40). The van der Waals surface area contributed by atoms with Crippen molar-refractivity contribution < 1.29 is 23.9 Å². The SMILES string of the molecule is CCOC(=O)c1ccc(NC(=O)Nc2ccc(N3CCN(c4ccccc4OC)CC3)c(C(=O)N(CC)CC)c2)cc1. The van der Waals surface area contributed by atoms with Crippen molar-refractivity contribution in [3.05, 3.63) is 77.9 Å². The number of anilines is 4. The lowest BCUT2D eigenvalue weighted by Crippen LogP contribution is -2.47. The van der Waals surface area contributed by atoms with Gasteiger partial charge >= 0.3 is 12.0 Å². The fourth-order valence-corrected chi connectivity index (χ4v) is 5.02. The van der Waals surface area contributed by atoms with Crippen LogP contribution < -0.4 is 25.2 Å². The number of benzene rings is 3. The Bertz CT molecular complexity index is 1380.